The number of hydrogen-bond donors (Lipinski definition) is 1. The van der Waals surface area contributed by atoms with Crippen LogP contribution in [0.15, 0.2) is 24.3 Å². The summed E-state index contributed by atoms with van der Waals surface area (Å²) in [5.41, 5.74) is 2.50. The Morgan fingerprint density at radius 3 is 2.80 bits per heavy atom. The van der Waals surface area contributed by atoms with Gasteiger partial charge in [0, 0.05) is 37.7 Å². The molecule has 1 aromatic rings. The van der Waals surface area contributed by atoms with Crippen LogP contribution in [0.2, 0.25) is 0 Å². The molecule has 3 rings (SSSR count). The number of para-hydroxylation sites is 1. The van der Waals surface area contributed by atoms with Gasteiger partial charge in [-0.2, -0.15) is 0 Å². The maximum Gasteiger partial charge on any atom is 0.223 e. The number of nitrogens with one attached hydrogen (secondary N) is 1. The van der Waals surface area contributed by atoms with Crippen LogP contribution in [0.4, 0.5) is 5.69 Å². The van der Waals surface area contributed by atoms with E-state index in [1.165, 1.54) is 43.4 Å². The highest BCUT2D eigenvalue weighted by atomic mass is 16.2. The smallest absolute Gasteiger partial charge is 0.223 e. The second-order valence-electron chi connectivity index (χ2n) is 6.17. The molecule has 2 aliphatic rings. The number of carbonyl (C=O) groups is 1. The van der Waals surface area contributed by atoms with Gasteiger partial charge >= 0.3 is 0 Å². The molecule has 3 heteroatoms. The molecule has 1 aromatic carbocycles. The zero-order chi connectivity index (χ0) is 13.9. The average Bonchev–Trinajstić information content (AvgIpc) is 2.91. The minimum absolute atomic E-state index is 0.306. The molecule has 0 spiro atoms. The highest BCUT2D eigenvalue weighted by molar-refractivity contribution is 5.78. The lowest BCUT2D eigenvalue weighted by molar-refractivity contribution is -0.132. The summed E-state index contributed by atoms with van der Waals surface area (Å²) in [6, 6.07) is 8.83. The molecule has 1 amide bonds. The van der Waals surface area contributed by atoms with Gasteiger partial charge in [-0.25, -0.2) is 0 Å². The minimum atomic E-state index is 0.306. The van der Waals surface area contributed by atoms with E-state index in [1.54, 1.807) is 0 Å². The first-order valence-corrected chi connectivity index (χ1v) is 7.84. The highest BCUT2D eigenvalue weighted by Gasteiger charge is 2.28. The Kier molecular flexibility index (Phi) is 3.95. The summed E-state index contributed by atoms with van der Waals surface area (Å²) in [6.45, 7) is 0.892. The number of amides is 1. The molecule has 1 aliphatic carbocycles. The molecule has 1 fully saturated rings. The SMILES string of the molecule is CN(C(=O)CC1CNc2ccccc21)C1CCCCC1. The van der Waals surface area contributed by atoms with Crippen molar-refractivity contribution >= 4 is 11.6 Å². The molecule has 108 valence electrons. The fourth-order valence-electron chi connectivity index (χ4n) is 3.57. The van der Waals surface area contributed by atoms with E-state index >= 15 is 0 Å². The summed E-state index contributed by atoms with van der Waals surface area (Å²) in [7, 11) is 1.99. The van der Waals surface area contributed by atoms with Crippen molar-refractivity contribution in [3.05, 3.63) is 29.8 Å². The predicted molar refractivity (Wildman–Crippen MR) is 81.9 cm³/mol. The monoisotopic (exact) mass is 272 g/mol. The Bertz CT molecular complexity index is 480. The van der Waals surface area contributed by atoms with Crippen LogP contribution in [0, 0.1) is 0 Å². The zero-order valence-electron chi connectivity index (χ0n) is 12.3. The average molecular weight is 272 g/mol. The second kappa shape index (κ2) is 5.86. The molecule has 1 unspecified atom stereocenters. The topological polar surface area (TPSA) is 32.3 Å². The van der Waals surface area contributed by atoms with Crippen molar-refractivity contribution in [2.24, 2.45) is 0 Å². The standard InChI is InChI=1S/C17H24N2O/c1-19(14-7-3-2-4-8-14)17(20)11-13-12-18-16-10-6-5-9-15(13)16/h5-6,9-10,13-14,18H,2-4,7-8,11-12H2,1H3. The van der Waals surface area contributed by atoms with Gasteiger partial charge in [-0.15, -0.1) is 0 Å². The molecule has 0 radical (unpaired) electrons. The number of rotatable bonds is 3. The normalized spacial score (nSPS) is 22.1. The van der Waals surface area contributed by atoms with Gasteiger partial charge in [0.2, 0.25) is 5.91 Å². The third kappa shape index (κ3) is 2.67. The summed E-state index contributed by atoms with van der Waals surface area (Å²) in [4.78, 5) is 14.5. The maximum absolute atomic E-state index is 12.5. The molecule has 1 aliphatic heterocycles. The Balaban J connectivity index is 1.62. The van der Waals surface area contributed by atoms with Crippen LogP contribution in [0.25, 0.3) is 0 Å². The molecular weight excluding hydrogens is 248 g/mol. The Morgan fingerprint density at radius 1 is 1.25 bits per heavy atom. The minimum Gasteiger partial charge on any atom is -0.384 e. The molecule has 3 nitrogen and oxygen atoms in total. The Hall–Kier alpha value is -1.51. The predicted octanol–water partition coefficient (Wildman–Crippen LogP) is 3.38. The van der Waals surface area contributed by atoms with Gasteiger partial charge < -0.3 is 10.2 Å². The number of benzene rings is 1. The van der Waals surface area contributed by atoms with Crippen LogP contribution >= 0.6 is 0 Å². The molecule has 0 aromatic heterocycles. The zero-order valence-corrected chi connectivity index (χ0v) is 12.3. The lowest BCUT2D eigenvalue weighted by Crippen LogP contribution is -2.38. The summed E-state index contributed by atoms with van der Waals surface area (Å²) >= 11 is 0. The lowest BCUT2D eigenvalue weighted by atomic mass is 9.93. The van der Waals surface area contributed by atoms with Gasteiger partial charge in [0.15, 0.2) is 0 Å². The fraction of sp³-hybridized carbons (Fsp3) is 0.588. The first kappa shape index (κ1) is 13.5. The quantitative estimate of drug-likeness (QED) is 0.915. The van der Waals surface area contributed by atoms with Crippen molar-refractivity contribution in [3.8, 4) is 0 Å². The van der Waals surface area contributed by atoms with E-state index < -0.39 is 0 Å². The third-order valence-corrected chi connectivity index (χ3v) is 4.88. The molecule has 0 saturated heterocycles. The van der Waals surface area contributed by atoms with Crippen molar-refractivity contribution in [2.45, 2.75) is 50.5 Å². The maximum atomic E-state index is 12.5. The van der Waals surface area contributed by atoms with Crippen LogP contribution in [0.5, 0.6) is 0 Å². The first-order valence-electron chi connectivity index (χ1n) is 7.84. The number of hydrogen-bond acceptors (Lipinski definition) is 2. The molecule has 1 atom stereocenters. The van der Waals surface area contributed by atoms with Crippen LogP contribution in [0.3, 0.4) is 0 Å². The fourth-order valence-corrected chi connectivity index (χ4v) is 3.57. The van der Waals surface area contributed by atoms with Gasteiger partial charge in [-0.1, -0.05) is 37.5 Å². The van der Waals surface area contributed by atoms with Crippen LogP contribution < -0.4 is 5.32 Å². The van der Waals surface area contributed by atoms with Crippen molar-refractivity contribution in [2.75, 3.05) is 18.9 Å². The summed E-state index contributed by atoms with van der Waals surface area (Å²) in [5.74, 6) is 0.644. The van der Waals surface area contributed by atoms with Crippen LogP contribution in [-0.4, -0.2) is 30.4 Å². The van der Waals surface area contributed by atoms with Gasteiger partial charge in [0.05, 0.1) is 0 Å². The number of nitrogens with zero attached hydrogens (tertiary/aromatic N) is 1. The van der Waals surface area contributed by atoms with E-state index in [0.717, 1.165) is 6.54 Å². The van der Waals surface area contributed by atoms with Gasteiger partial charge in [-0.05, 0) is 24.5 Å². The third-order valence-electron chi connectivity index (χ3n) is 4.88. The van der Waals surface area contributed by atoms with Crippen molar-refractivity contribution in [1.82, 2.24) is 4.90 Å². The molecule has 1 saturated carbocycles. The summed E-state index contributed by atoms with van der Waals surface area (Å²) in [6.07, 6.45) is 6.88. The number of carbonyl (C=O) groups excluding carboxylic acids is 1. The van der Waals surface area contributed by atoms with E-state index in [0.29, 0.717) is 24.3 Å². The van der Waals surface area contributed by atoms with E-state index in [2.05, 4.69) is 23.5 Å². The molecule has 0 bridgehead atoms. The largest absolute Gasteiger partial charge is 0.384 e. The van der Waals surface area contributed by atoms with Crippen molar-refractivity contribution in [1.29, 1.82) is 0 Å². The van der Waals surface area contributed by atoms with E-state index in [4.69, 9.17) is 0 Å². The second-order valence-corrected chi connectivity index (χ2v) is 6.17. The summed E-state index contributed by atoms with van der Waals surface area (Å²) < 4.78 is 0. The Labute approximate surface area is 121 Å². The number of fused-ring (bicyclic) bond motifs is 1. The van der Waals surface area contributed by atoms with Crippen LogP contribution in [-0.2, 0) is 4.79 Å². The molecule has 1 N–H and O–H groups in total. The van der Waals surface area contributed by atoms with E-state index in [9.17, 15) is 4.79 Å². The first-order chi connectivity index (χ1) is 9.75. The molecule has 1 heterocycles. The van der Waals surface area contributed by atoms with Gasteiger partial charge in [0.25, 0.3) is 0 Å². The summed E-state index contributed by atoms with van der Waals surface area (Å²) in [5, 5.41) is 3.40. The molecular formula is C17H24N2O. The molecule has 20 heavy (non-hydrogen) atoms. The highest BCUT2D eigenvalue weighted by Crippen LogP contribution is 2.34. The van der Waals surface area contributed by atoms with Crippen molar-refractivity contribution in [3.63, 3.8) is 0 Å². The number of anilines is 1. The van der Waals surface area contributed by atoms with Gasteiger partial charge in [0.1, 0.15) is 0 Å². The van der Waals surface area contributed by atoms with E-state index in [-0.39, 0.29) is 0 Å². The van der Waals surface area contributed by atoms with Crippen LogP contribution in [0.1, 0.15) is 50.0 Å². The Morgan fingerprint density at radius 2 is 2.00 bits per heavy atom. The van der Waals surface area contributed by atoms with E-state index in [1.807, 2.05) is 18.0 Å². The van der Waals surface area contributed by atoms with Gasteiger partial charge in [-0.3, -0.25) is 4.79 Å². The lowest BCUT2D eigenvalue weighted by Gasteiger charge is -2.32. The van der Waals surface area contributed by atoms with Crippen molar-refractivity contribution < 1.29 is 4.79 Å².